The summed E-state index contributed by atoms with van der Waals surface area (Å²) in [6, 6.07) is 0. The molecule has 1 N–H and O–H groups in total. The van der Waals surface area contributed by atoms with Crippen LogP contribution in [0.15, 0.2) is 0 Å². The largest absolute Gasteiger partial charge is 0.444 e. The Morgan fingerprint density at radius 2 is 2.05 bits per heavy atom. The highest BCUT2D eigenvalue weighted by Gasteiger charge is 2.23. The predicted molar refractivity (Wildman–Crippen MR) is 80.0 cm³/mol. The third kappa shape index (κ3) is 7.32. The Balaban J connectivity index is 2.25. The number of carbonyl (C=O) groups is 2. The van der Waals surface area contributed by atoms with Crippen LogP contribution in [0.2, 0.25) is 0 Å². The number of piperidine rings is 1. The normalized spacial score (nSPS) is 19.2. The molecule has 6 heteroatoms. The van der Waals surface area contributed by atoms with Crippen molar-refractivity contribution in [2.24, 2.45) is 5.92 Å². The summed E-state index contributed by atoms with van der Waals surface area (Å²) in [5.41, 5.74) is -0.520. The zero-order valence-electron chi connectivity index (χ0n) is 13.6. The molecule has 1 rings (SSSR count). The van der Waals surface area contributed by atoms with Crippen LogP contribution in [0.3, 0.4) is 0 Å². The quantitative estimate of drug-likeness (QED) is 0.840. The molecule has 1 atom stereocenters. The average molecular weight is 300 g/mol. The van der Waals surface area contributed by atoms with E-state index in [2.05, 4.69) is 5.32 Å². The molecule has 1 unspecified atom stereocenters. The van der Waals surface area contributed by atoms with Crippen LogP contribution >= 0.6 is 0 Å². The minimum absolute atomic E-state index is 0.0758. The molecule has 0 saturated carbocycles. The molecular weight excluding hydrogens is 272 g/mol. The van der Waals surface area contributed by atoms with E-state index in [0.29, 0.717) is 25.5 Å². The minimum Gasteiger partial charge on any atom is -0.444 e. The fourth-order valence-corrected chi connectivity index (χ4v) is 2.41. The number of hydrogen-bond acceptors (Lipinski definition) is 4. The van der Waals surface area contributed by atoms with Crippen molar-refractivity contribution in [2.45, 2.75) is 45.6 Å². The summed E-state index contributed by atoms with van der Waals surface area (Å²) < 4.78 is 10.3. The summed E-state index contributed by atoms with van der Waals surface area (Å²) in [4.78, 5) is 25.5. The molecule has 1 saturated heterocycles. The first-order valence-electron chi connectivity index (χ1n) is 7.55. The van der Waals surface area contributed by atoms with Gasteiger partial charge in [-0.05, 0) is 39.5 Å². The molecule has 6 nitrogen and oxygen atoms in total. The highest BCUT2D eigenvalue weighted by molar-refractivity contribution is 5.77. The Bertz CT molecular complexity index is 350. The first-order valence-corrected chi connectivity index (χ1v) is 7.55. The van der Waals surface area contributed by atoms with E-state index in [1.54, 1.807) is 27.9 Å². The van der Waals surface area contributed by atoms with Crippen LogP contribution in [0.1, 0.15) is 40.0 Å². The van der Waals surface area contributed by atoms with Crippen LogP contribution < -0.4 is 5.32 Å². The molecule has 1 aliphatic rings. The third-order valence-corrected chi connectivity index (χ3v) is 3.28. The summed E-state index contributed by atoms with van der Waals surface area (Å²) in [6.07, 6.45) is 1.94. The van der Waals surface area contributed by atoms with Crippen molar-refractivity contribution in [3.05, 3.63) is 0 Å². The minimum atomic E-state index is -0.520. The third-order valence-electron chi connectivity index (χ3n) is 3.28. The second-order valence-electron chi connectivity index (χ2n) is 6.48. The van der Waals surface area contributed by atoms with E-state index in [0.717, 1.165) is 25.9 Å². The van der Waals surface area contributed by atoms with Gasteiger partial charge in [-0.3, -0.25) is 4.79 Å². The van der Waals surface area contributed by atoms with Crippen LogP contribution in [-0.2, 0) is 14.3 Å². The molecule has 0 bridgehead atoms. The number of methoxy groups -OCH3 is 1. The number of hydrogen-bond donors (Lipinski definition) is 1. The SMILES string of the molecule is COCC1CCCN(C(=O)CCNC(=O)OC(C)(C)C)C1. The smallest absolute Gasteiger partial charge is 0.407 e. The molecule has 0 aromatic rings. The van der Waals surface area contributed by atoms with E-state index in [1.165, 1.54) is 0 Å². The Hall–Kier alpha value is -1.30. The second-order valence-corrected chi connectivity index (χ2v) is 6.48. The Morgan fingerprint density at radius 3 is 2.67 bits per heavy atom. The van der Waals surface area contributed by atoms with E-state index in [-0.39, 0.29) is 5.91 Å². The van der Waals surface area contributed by atoms with Crippen molar-refractivity contribution in [1.29, 1.82) is 0 Å². The van der Waals surface area contributed by atoms with Gasteiger partial charge in [-0.25, -0.2) is 4.79 Å². The molecule has 0 aliphatic carbocycles. The van der Waals surface area contributed by atoms with Crippen molar-refractivity contribution in [1.82, 2.24) is 10.2 Å². The zero-order valence-corrected chi connectivity index (χ0v) is 13.6. The van der Waals surface area contributed by atoms with E-state index < -0.39 is 11.7 Å². The van der Waals surface area contributed by atoms with Crippen molar-refractivity contribution in [3.63, 3.8) is 0 Å². The van der Waals surface area contributed by atoms with Crippen molar-refractivity contribution < 1.29 is 19.1 Å². The first kappa shape index (κ1) is 17.8. The van der Waals surface area contributed by atoms with Crippen molar-refractivity contribution >= 4 is 12.0 Å². The molecule has 0 aromatic carbocycles. The van der Waals surface area contributed by atoms with Gasteiger partial charge in [-0.2, -0.15) is 0 Å². The van der Waals surface area contributed by atoms with Gasteiger partial charge in [0.1, 0.15) is 5.60 Å². The predicted octanol–water partition coefficient (Wildman–Crippen LogP) is 1.79. The number of carbonyl (C=O) groups excluding carboxylic acids is 2. The monoisotopic (exact) mass is 300 g/mol. The lowest BCUT2D eigenvalue weighted by Gasteiger charge is -2.32. The Labute approximate surface area is 127 Å². The fourth-order valence-electron chi connectivity index (χ4n) is 2.41. The van der Waals surface area contributed by atoms with Crippen LogP contribution in [0, 0.1) is 5.92 Å². The first-order chi connectivity index (χ1) is 9.81. The standard InChI is InChI=1S/C15H28N2O4/c1-15(2,3)21-14(19)16-8-7-13(18)17-9-5-6-12(10-17)11-20-4/h12H,5-11H2,1-4H3,(H,16,19). The van der Waals surface area contributed by atoms with Gasteiger partial charge in [0, 0.05) is 33.2 Å². The fraction of sp³-hybridized carbons (Fsp3) is 0.867. The van der Waals surface area contributed by atoms with Crippen LogP contribution in [-0.4, -0.2) is 55.9 Å². The van der Waals surface area contributed by atoms with Gasteiger partial charge in [-0.1, -0.05) is 0 Å². The number of rotatable bonds is 5. The highest BCUT2D eigenvalue weighted by atomic mass is 16.6. The molecule has 0 spiro atoms. The van der Waals surface area contributed by atoms with E-state index in [9.17, 15) is 9.59 Å². The van der Waals surface area contributed by atoms with E-state index in [4.69, 9.17) is 9.47 Å². The lowest BCUT2D eigenvalue weighted by Crippen LogP contribution is -2.42. The lowest BCUT2D eigenvalue weighted by molar-refractivity contribution is -0.133. The zero-order chi connectivity index (χ0) is 15.9. The molecular formula is C15H28N2O4. The number of likely N-dealkylation sites (tertiary alicyclic amines) is 1. The van der Waals surface area contributed by atoms with Gasteiger partial charge >= 0.3 is 6.09 Å². The van der Waals surface area contributed by atoms with E-state index >= 15 is 0 Å². The summed E-state index contributed by atoms with van der Waals surface area (Å²) in [5.74, 6) is 0.498. The van der Waals surface area contributed by atoms with Gasteiger partial charge in [0.2, 0.25) is 5.91 Å². The summed E-state index contributed by atoms with van der Waals surface area (Å²) in [5, 5.41) is 2.61. The maximum atomic E-state index is 12.1. The summed E-state index contributed by atoms with van der Waals surface area (Å²) in [7, 11) is 1.69. The molecule has 2 amide bonds. The maximum absolute atomic E-state index is 12.1. The number of nitrogens with zero attached hydrogens (tertiary/aromatic N) is 1. The molecule has 0 aromatic heterocycles. The highest BCUT2D eigenvalue weighted by Crippen LogP contribution is 2.17. The van der Waals surface area contributed by atoms with Gasteiger partial charge in [0.05, 0.1) is 6.61 Å². The molecule has 0 radical (unpaired) electrons. The van der Waals surface area contributed by atoms with Gasteiger partial charge in [0.25, 0.3) is 0 Å². The summed E-state index contributed by atoms with van der Waals surface area (Å²) >= 11 is 0. The van der Waals surface area contributed by atoms with Crippen molar-refractivity contribution in [3.8, 4) is 0 Å². The Morgan fingerprint density at radius 1 is 1.33 bits per heavy atom. The van der Waals surface area contributed by atoms with Crippen LogP contribution in [0.25, 0.3) is 0 Å². The topological polar surface area (TPSA) is 67.9 Å². The summed E-state index contributed by atoms with van der Waals surface area (Å²) in [6.45, 7) is 7.97. The molecule has 1 heterocycles. The van der Waals surface area contributed by atoms with Crippen LogP contribution in [0.5, 0.6) is 0 Å². The van der Waals surface area contributed by atoms with Crippen molar-refractivity contribution in [2.75, 3.05) is 33.4 Å². The van der Waals surface area contributed by atoms with Gasteiger partial charge < -0.3 is 19.7 Å². The van der Waals surface area contributed by atoms with Gasteiger partial charge in [0.15, 0.2) is 0 Å². The van der Waals surface area contributed by atoms with E-state index in [1.807, 2.05) is 4.90 Å². The number of alkyl carbamates (subject to hydrolysis) is 1. The second kappa shape index (κ2) is 8.22. The number of amides is 2. The number of ether oxygens (including phenoxy) is 2. The molecule has 21 heavy (non-hydrogen) atoms. The van der Waals surface area contributed by atoms with Crippen LogP contribution in [0.4, 0.5) is 4.79 Å². The lowest BCUT2D eigenvalue weighted by atomic mass is 9.99. The van der Waals surface area contributed by atoms with Gasteiger partial charge in [-0.15, -0.1) is 0 Å². The number of nitrogens with one attached hydrogen (secondary N) is 1. The maximum Gasteiger partial charge on any atom is 0.407 e. The molecule has 122 valence electrons. The Kier molecular flexibility index (Phi) is 6.95. The molecule has 1 aliphatic heterocycles. The molecule has 1 fully saturated rings. The average Bonchev–Trinajstić information content (AvgIpc) is 2.37.